The molecule has 0 bridgehead atoms. The first kappa shape index (κ1) is 22.2. The highest BCUT2D eigenvalue weighted by Crippen LogP contribution is 2.23. The Balaban J connectivity index is 1.34. The molecule has 4 rings (SSSR count). The molecule has 6 heteroatoms. The van der Waals surface area contributed by atoms with Crippen molar-refractivity contribution in [1.82, 2.24) is 19.6 Å². The molecule has 168 valence electrons. The van der Waals surface area contributed by atoms with Crippen molar-refractivity contribution < 1.29 is 4.79 Å². The van der Waals surface area contributed by atoms with Crippen LogP contribution in [0.4, 0.5) is 5.69 Å². The minimum Gasteiger partial charge on any atom is -0.322 e. The van der Waals surface area contributed by atoms with Crippen LogP contribution in [0.1, 0.15) is 28.9 Å². The zero-order valence-corrected chi connectivity index (χ0v) is 19.3. The van der Waals surface area contributed by atoms with Crippen molar-refractivity contribution in [3.63, 3.8) is 0 Å². The van der Waals surface area contributed by atoms with Gasteiger partial charge in [0, 0.05) is 19.6 Å². The van der Waals surface area contributed by atoms with E-state index in [0.29, 0.717) is 6.54 Å². The molecule has 0 radical (unpaired) electrons. The van der Waals surface area contributed by atoms with E-state index < -0.39 is 0 Å². The molecule has 1 aliphatic heterocycles. The van der Waals surface area contributed by atoms with Crippen LogP contribution in [0.3, 0.4) is 0 Å². The van der Waals surface area contributed by atoms with E-state index in [1.54, 1.807) is 0 Å². The molecular formula is C26H33N5O. The number of hydrogen-bond donors (Lipinski definition) is 1. The summed E-state index contributed by atoms with van der Waals surface area (Å²) >= 11 is 0. The molecule has 1 aromatic heterocycles. The second kappa shape index (κ2) is 10.1. The summed E-state index contributed by atoms with van der Waals surface area (Å²) in [7, 11) is 0. The number of anilines is 1. The normalized spacial score (nSPS) is 15.5. The van der Waals surface area contributed by atoms with Crippen molar-refractivity contribution in [2.24, 2.45) is 0 Å². The standard InChI is InChI=1S/C26H33N5O/c1-20-10-12-24(13-11-20)31-22(3)26(21(2)28-31)27-25(32)19-30-15-7-14-29(16-17-30)18-23-8-5-4-6-9-23/h4-6,8-13H,7,14-19H2,1-3H3,(H,27,32). The zero-order chi connectivity index (χ0) is 22.5. The van der Waals surface area contributed by atoms with Gasteiger partial charge >= 0.3 is 0 Å². The van der Waals surface area contributed by atoms with Crippen LogP contribution in [0.25, 0.3) is 5.69 Å². The highest BCUT2D eigenvalue weighted by Gasteiger charge is 2.20. The first-order chi connectivity index (χ1) is 15.5. The lowest BCUT2D eigenvalue weighted by molar-refractivity contribution is -0.117. The Labute approximate surface area is 190 Å². The summed E-state index contributed by atoms with van der Waals surface area (Å²) in [4.78, 5) is 17.6. The van der Waals surface area contributed by atoms with Gasteiger partial charge in [-0.05, 0) is 58.0 Å². The fourth-order valence-corrected chi connectivity index (χ4v) is 4.33. The molecule has 0 saturated carbocycles. The molecule has 32 heavy (non-hydrogen) atoms. The van der Waals surface area contributed by atoms with Gasteiger partial charge in [0.2, 0.25) is 5.91 Å². The molecule has 0 spiro atoms. The maximum absolute atomic E-state index is 12.9. The van der Waals surface area contributed by atoms with Crippen LogP contribution in [-0.2, 0) is 11.3 Å². The number of amides is 1. The molecule has 2 heterocycles. The number of rotatable bonds is 6. The summed E-state index contributed by atoms with van der Waals surface area (Å²) in [6.07, 6.45) is 1.07. The van der Waals surface area contributed by atoms with Crippen molar-refractivity contribution in [3.05, 3.63) is 77.1 Å². The minimum atomic E-state index is 0.0242. The average Bonchev–Trinajstić information content (AvgIpc) is 2.93. The summed E-state index contributed by atoms with van der Waals surface area (Å²) in [5.41, 5.74) is 6.16. The van der Waals surface area contributed by atoms with Gasteiger partial charge in [-0.15, -0.1) is 0 Å². The third-order valence-corrected chi connectivity index (χ3v) is 6.13. The Kier molecular flexibility index (Phi) is 7.02. The topological polar surface area (TPSA) is 53.4 Å². The number of hydrogen-bond acceptors (Lipinski definition) is 4. The second-order valence-corrected chi connectivity index (χ2v) is 8.73. The summed E-state index contributed by atoms with van der Waals surface area (Å²) < 4.78 is 1.90. The number of nitrogens with zero attached hydrogens (tertiary/aromatic N) is 4. The lowest BCUT2D eigenvalue weighted by atomic mass is 10.2. The zero-order valence-electron chi connectivity index (χ0n) is 19.3. The van der Waals surface area contributed by atoms with Crippen LogP contribution in [0.2, 0.25) is 0 Å². The Morgan fingerprint density at radius 3 is 2.34 bits per heavy atom. The summed E-state index contributed by atoms with van der Waals surface area (Å²) in [5.74, 6) is 0.0242. The molecule has 0 atom stereocenters. The smallest absolute Gasteiger partial charge is 0.238 e. The Hall–Kier alpha value is -2.96. The largest absolute Gasteiger partial charge is 0.322 e. The van der Waals surface area contributed by atoms with Gasteiger partial charge in [-0.3, -0.25) is 14.6 Å². The van der Waals surface area contributed by atoms with E-state index in [0.717, 1.165) is 61.9 Å². The predicted octanol–water partition coefficient (Wildman–Crippen LogP) is 3.94. The van der Waals surface area contributed by atoms with Crippen LogP contribution in [0.5, 0.6) is 0 Å². The van der Waals surface area contributed by atoms with Gasteiger partial charge < -0.3 is 5.32 Å². The third-order valence-electron chi connectivity index (χ3n) is 6.13. The van der Waals surface area contributed by atoms with Gasteiger partial charge in [-0.2, -0.15) is 5.10 Å². The molecule has 0 unspecified atom stereocenters. The van der Waals surface area contributed by atoms with Crippen LogP contribution in [0.15, 0.2) is 54.6 Å². The molecule has 1 fully saturated rings. The van der Waals surface area contributed by atoms with Gasteiger partial charge in [0.05, 0.1) is 29.3 Å². The summed E-state index contributed by atoms with van der Waals surface area (Å²) in [6, 6.07) is 18.9. The summed E-state index contributed by atoms with van der Waals surface area (Å²) in [5, 5.41) is 7.78. The number of carbonyl (C=O) groups is 1. The van der Waals surface area contributed by atoms with Gasteiger partial charge in [0.25, 0.3) is 0 Å². The molecule has 2 aromatic carbocycles. The first-order valence-corrected chi connectivity index (χ1v) is 11.4. The number of aromatic nitrogens is 2. The van der Waals surface area contributed by atoms with Gasteiger partial charge in [0.1, 0.15) is 0 Å². The summed E-state index contributed by atoms with van der Waals surface area (Å²) in [6.45, 7) is 11.3. The van der Waals surface area contributed by atoms with E-state index in [4.69, 9.17) is 0 Å². The number of aryl methyl sites for hydroxylation is 2. The minimum absolute atomic E-state index is 0.0242. The van der Waals surface area contributed by atoms with Crippen molar-refractivity contribution in [3.8, 4) is 5.69 Å². The Bertz CT molecular complexity index is 1040. The van der Waals surface area contributed by atoms with Crippen LogP contribution < -0.4 is 5.32 Å². The average molecular weight is 432 g/mol. The molecule has 0 aliphatic carbocycles. The van der Waals surface area contributed by atoms with E-state index in [-0.39, 0.29) is 5.91 Å². The molecular weight excluding hydrogens is 398 g/mol. The van der Waals surface area contributed by atoms with E-state index in [1.165, 1.54) is 11.1 Å². The number of benzene rings is 2. The lowest BCUT2D eigenvalue weighted by Gasteiger charge is -2.21. The molecule has 6 nitrogen and oxygen atoms in total. The van der Waals surface area contributed by atoms with E-state index >= 15 is 0 Å². The van der Waals surface area contributed by atoms with Crippen LogP contribution in [0, 0.1) is 20.8 Å². The lowest BCUT2D eigenvalue weighted by Crippen LogP contribution is -2.36. The maximum Gasteiger partial charge on any atom is 0.238 e. The molecule has 1 N–H and O–H groups in total. The fraction of sp³-hybridized carbons (Fsp3) is 0.385. The monoisotopic (exact) mass is 431 g/mol. The molecule has 3 aromatic rings. The first-order valence-electron chi connectivity index (χ1n) is 11.4. The van der Waals surface area contributed by atoms with Gasteiger partial charge in [0.15, 0.2) is 0 Å². The predicted molar refractivity (Wildman–Crippen MR) is 129 cm³/mol. The maximum atomic E-state index is 12.9. The van der Waals surface area contributed by atoms with Crippen LogP contribution >= 0.6 is 0 Å². The third kappa shape index (κ3) is 5.44. The molecule has 1 amide bonds. The second-order valence-electron chi connectivity index (χ2n) is 8.73. The van der Waals surface area contributed by atoms with Crippen molar-refractivity contribution >= 4 is 11.6 Å². The fourth-order valence-electron chi connectivity index (χ4n) is 4.33. The van der Waals surface area contributed by atoms with Gasteiger partial charge in [-0.25, -0.2) is 4.68 Å². The van der Waals surface area contributed by atoms with E-state index in [1.807, 2.05) is 18.5 Å². The van der Waals surface area contributed by atoms with Crippen molar-refractivity contribution in [2.75, 3.05) is 38.0 Å². The quantitative estimate of drug-likeness (QED) is 0.642. The van der Waals surface area contributed by atoms with E-state index in [9.17, 15) is 4.79 Å². The molecule has 1 aliphatic rings. The Morgan fingerprint density at radius 2 is 1.59 bits per heavy atom. The Morgan fingerprint density at radius 1 is 0.906 bits per heavy atom. The van der Waals surface area contributed by atoms with Gasteiger partial charge in [-0.1, -0.05) is 48.0 Å². The molecule has 1 saturated heterocycles. The van der Waals surface area contributed by atoms with E-state index in [2.05, 4.69) is 81.7 Å². The SMILES string of the molecule is Cc1ccc(-n2nc(C)c(NC(=O)CN3CCCN(Cc4ccccc4)CC3)c2C)cc1. The van der Waals surface area contributed by atoms with Crippen LogP contribution in [-0.4, -0.2) is 58.2 Å². The highest BCUT2D eigenvalue weighted by molar-refractivity contribution is 5.93. The highest BCUT2D eigenvalue weighted by atomic mass is 16.2. The number of carbonyl (C=O) groups excluding carboxylic acids is 1. The van der Waals surface area contributed by atoms with Crippen molar-refractivity contribution in [1.29, 1.82) is 0 Å². The number of nitrogens with one attached hydrogen (secondary N) is 1. The van der Waals surface area contributed by atoms with Crippen molar-refractivity contribution in [2.45, 2.75) is 33.7 Å².